The number of rotatable bonds is 3. The molecular formula is C31H42N+. The number of aromatic nitrogens is 1. The monoisotopic (exact) mass is 428 g/mol. The molecule has 3 aromatic carbocycles. The van der Waals surface area contributed by atoms with Crippen molar-refractivity contribution in [1.82, 2.24) is 0 Å². The lowest BCUT2D eigenvalue weighted by atomic mass is 9.95. The molecule has 170 valence electrons. The molecule has 1 aromatic heterocycles. The maximum Gasteiger partial charge on any atom is 0.220 e. The molecule has 0 amide bonds. The molecule has 4 aromatic rings. The van der Waals surface area contributed by atoms with Gasteiger partial charge in [0.15, 0.2) is 6.20 Å². The Kier molecular flexibility index (Phi) is 12.7. The Labute approximate surface area is 196 Å². The molecule has 0 bridgehead atoms. The van der Waals surface area contributed by atoms with E-state index in [2.05, 4.69) is 117 Å². The van der Waals surface area contributed by atoms with Gasteiger partial charge in [-0.2, -0.15) is 4.57 Å². The van der Waals surface area contributed by atoms with Crippen LogP contribution >= 0.6 is 0 Å². The molecule has 1 nitrogen and oxygen atoms in total. The highest BCUT2D eigenvalue weighted by Crippen LogP contribution is 2.33. The predicted octanol–water partition coefficient (Wildman–Crippen LogP) is 9.17. The Bertz CT molecular complexity index is 1050. The molecular weight excluding hydrogens is 386 g/mol. The largest absolute Gasteiger partial charge is 0.220 e. The molecule has 0 unspecified atom stereocenters. The summed E-state index contributed by atoms with van der Waals surface area (Å²) in [7, 11) is 2.14. The third-order valence-corrected chi connectivity index (χ3v) is 5.13. The van der Waals surface area contributed by atoms with Crippen LogP contribution in [0.15, 0.2) is 85.1 Å². The molecule has 1 heterocycles. The zero-order valence-corrected chi connectivity index (χ0v) is 21.4. The average Bonchev–Trinajstić information content (AvgIpc) is 2.87. The zero-order valence-electron chi connectivity index (χ0n) is 21.4. The molecule has 0 aliphatic rings. The number of pyridine rings is 1. The van der Waals surface area contributed by atoms with Gasteiger partial charge in [0.05, 0.1) is 10.9 Å². The van der Waals surface area contributed by atoms with Crippen molar-refractivity contribution in [2.24, 2.45) is 7.05 Å². The summed E-state index contributed by atoms with van der Waals surface area (Å²) >= 11 is 0. The molecule has 32 heavy (non-hydrogen) atoms. The van der Waals surface area contributed by atoms with Gasteiger partial charge in [0.25, 0.3) is 0 Å². The number of benzene rings is 3. The molecule has 0 aliphatic carbocycles. The summed E-state index contributed by atoms with van der Waals surface area (Å²) < 4.78 is 2.26. The predicted molar refractivity (Wildman–Crippen MR) is 144 cm³/mol. The number of hydrogen-bond donors (Lipinski definition) is 0. The molecule has 0 spiro atoms. The van der Waals surface area contributed by atoms with E-state index < -0.39 is 0 Å². The summed E-state index contributed by atoms with van der Waals surface area (Å²) in [4.78, 5) is 0. The Morgan fingerprint density at radius 1 is 0.594 bits per heavy atom. The molecule has 0 N–H and O–H groups in total. The van der Waals surface area contributed by atoms with Crippen LogP contribution in [-0.4, -0.2) is 0 Å². The summed E-state index contributed by atoms with van der Waals surface area (Å²) in [6.45, 7) is 14.5. The first kappa shape index (κ1) is 27.1. The zero-order chi connectivity index (χ0) is 23.9. The second-order valence-electron chi connectivity index (χ2n) is 7.23. The van der Waals surface area contributed by atoms with Gasteiger partial charge in [-0.3, -0.25) is 0 Å². The smallest absolute Gasteiger partial charge is 0.200 e. The van der Waals surface area contributed by atoms with E-state index in [9.17, 15) is 0 Å². The van der Waals surface area contributed by atoms with Crippen molar-refractivity contribution in [3.05, 3.63) is 90.6 Å². The van der Waals surface area contributed by atoms with Crippen molar-refractivity contribution < 1.29 is 4.57 Å². The average molecular weight is 429 g/mol. The fourth-order valence-corrected chi connectivity index (χ4v) is 3.46. The number of fused-ring (bicyclic) bond motifs is 1. The number of aryl methyl sites for hydroxylation is 2. The lowest BCUT2D eigenvalue weighted by molar-refractivity contribution is -0.658. The van der Waals surface area contributed by atoms with Gasteiger partial charge in [-0.15, -0.1) is 0 Å². The van der Waals surface area contributed by atoms with Crippen LogP contribution in [0.4, 0.5) is 0 Å². The van der Waals surface area contributed by atoms with E-state index in [-0.39, 0.29) is 0 Å². The van der Waals surface area contributed by atoms with E-state index in [1.54, 1.807) is 0 Å². The van der Waals surface area contributed by atoms with E-state index in [0.717, 1.165) is 0 Å². The lowest BCUT2D eigenvalue weighted by Crippen LogP contribution is -2.31. The van der Waals surface area contributed by atoms with Crippen molar-refractivity contribution in [3.8, 4) is 22.4 Å². The van der Waals surface area contributed by atoms with Crippen molar-refractivity contribution >= 4 is 10.8 Å². The SMILES string of the molecule is CC.CC.CCCC.Cc1ccccc1-c1c2ccccc2c(-c2ccccc2)c[n+]1C. The van der Waals surface area contributed by atoms with E-state index in [4.69, 9.17) is 0 Å². The summed E-state index contributed by atoms with van der Waals surface area (Å²) in [5.41, 5.74) is 6.37. The molecule has 0 fully saturated rings. The Morgan fingerprint density at radius 2 is 1.09 bits per heavy atom. The van der Waals surface area contributed by atoms with Gasteiger partial charge in [0.2, 0.25) is 5.69 Å². The van der Waals surface area contributed by atoms with Gasteiger partial charge in [0.1, 0.15) is 7.05 Å². The number of nitrogens with zero attached hydrogens (tertiary/aromatic N) is 1. The van der Waals surface area contributed by atoms with Crippen molar-refractivity contribution in [1.29, 1.82) is 0 Å². The van der Waals surface area contributed by atoms with Crippen LogP contribution in [0.2, 0.25) is 0 Å². The van der Waals surface area contributed by atoms with Gasteiger partial charge >= 0.3 is 0 Å². The quantitative estimate of drug-likeness (QED) is 0.286. The molecule has 1 heteroatoms. The molecule has 0 saturated heterocycles. The normalized spacial score (nSPS) is 9.50. The number of unbranched alkanes of at least 4 members (excludes halogenated alkanes) is 1. The molecule has 0 atom stereocenters. The first-order chi connectivity index (χ1) is 15.7. The Morgan fingerprint density at radius 3 is 1.66 bits per heavy atom. The topological polar surface area (TPSA) is 3.88 Å². The summed E-state index contributed by atoms with van der Waals surface area (Å²) in [5, 5.41) is 2.58. The summed E-state index contributed by atoms with van der Waals surface area (Å²) in [6.07, 6.45) is 4.89. The Balaban J connectivity index is 0.000000568. The van der Waals surface area contributed by atoms with Crippen molar-refractivity contribution in [3.63, 3.8) is 0 Å². The third-order valence-electron chi connectivity index (χ3n) is 5.13. The molecule has 0 radical (unpaired) electrons. The summed E-state index contributed by atoms with van der Waals surface area (Å²) in [5.74, 6) is 0. The maximum absolute atomic E-state index is 2.26. The minimum atomic E-state index is 1.25. The van der Waals surface area contributed by atoms with Gasteiger partial charge in [-0.1, -0.05) is 121 Å². The molecule has 0 saturated carbocycles. The standard InChI is InChI=1S/C23H20N.C4H10.2C2H6/c1-17-10-6-7-13-19(17)23-21-15-9-8-14-20(21)22(16-24(23)2)18-11-4-3-5-12-18;1-3-4-2;2*1-2/h3-16H,1-2H3;3-4H2,1-2H3;2*1-2H3/q+1;;;. The maximum atomic E-state index is 2.26. The molecule has 0 aliphatic heterocycles. The minimum Gasteiger partial charge on any atom is -0.200 e. The van der Waals surface area contributed by atoms with E-state index in [1.165, 1.54) is 51.6 Å². The van der Waals surface area contributed by atoms with Crippen molar-refractivity contribution in [2.75, 3.05) is 0 Å². The van der Waals surface area contributed by atoms with Crippen LogP contribution in [0.5, 0.6) is 0 Å². The van der Waals surface area contributed by atoms with E-state index in [0.29, 0.717) is 0 Å². The van der Waals surface area contributed by atoms with Crippen LogP contribution in [-0.2, 0) is 7.05 Å². The van der Waals surface area contributed by atoms with Gasteiger partial charge in [0, 0.05) is 10.9 Å². The van der Waals surface area contributed by atoms with Gasteiger partial charge in [-0.05, 0) is 30.2 Å². The fourth-order valence-electron chi connectivity index (χ4n) is 3.46. The summed E-state index contributed by atoms with van der Waals surface area (Å²) in [6, 6.07) is 27.9. The third kappa shape index (κ3) is 6.79. The van der Waals surface area contributed by atoms with Gasteiger partial charge in [-0.25, -0.2) is 0 Å². The van der Waals surface area contributed by atoms with Crippen LogP contribution < -0.4 is 4.57 Å². The van der Waals surface area contributed by atoms with E-state index in [1.807, 2.05) is 27.7 Å². The second kappa shape index (κ2) is 15.0. The lowest BCUT2D eigenvalue weighted by Gasteiger charge is -2.11. The van der Waals surface area contributed by atoms with Crippen LogP contribution in [0, 0.1) is 6.92 Å². The van der Waals surface area contributed by atoms with Crippen LogP contribution in [0.25, 0.3) is 33.2 Å². The minimum absolute atomic E-state index is 1.25. The number of hydrogen-bond acceptors (Lipinski definition) is 0. The first-order valence-corrected chi connectivity index (χ1v) is 12.2. The first-order valence-electron chi connectivity index (χ1n) is 12.2. The van der Waals surface area contributed by atoms with E-state index >= 15 is 0 Å². The van der Waals surface area contributed by atoms with Crippen molar-refractivity contribution in [2.45, 2.75) is 61.3 Å². The highest BCUT2D eigenvalue weighted by molar-refractivity contribution is 6.02. The van der Waals surface area contributed by atoms with Gasteiger partial charge < -0.3 is 0 Å². The highest BCUT2D eigenvalue weighted by Gasteiger charge is 2.20. The highest BCUT2D eigenvalue weighted by atomic mass is 14.9. The molecule has 4 rings (SSSR count). The Hall–Kier alpha value is -2.93. The fraction of sp³-hybridized carbons (Fsp3) is 0.323. The second-order valence-corrected chi connectivity index (χ2v) is 7.23. The van der Waals surface area contributed by atoms with Crippen LogP contribution in [0.3, 0.4) is 0 Å². The van der Waals surface area contributed by atoms with Crippen LogP contribution in [0.1, 0.15) is 59.9 Å².